The summed E-state index contributed by atoms with van der Waals surface area (Å²) in [5.41, 5.74) is 0.239. The van der Waals surface area contributed by atoms with E-state index in [1.54, 1.807) is 36.4 Å². The van der Waals surface area contributed by atoms with Crippen LogP contribution in [-0.2, 0) is 24.3 Å². The number of hydrogen-bond donors (Lipinski definition) is 1. The van der Waals surface area contributed by atoms with Crippen LogP contribution in [0.1, 0.15) is 0 Å². The van der Waals surface area contributed by atoms with Gasteiger partial charge in [0.1, 0.15) is 6.54 Å². The third kappa shape index (κ3) is 6.19. The van der Waals surface area contributed by atoms with Crippen LogP contribution in [0.25, 0.3) is 0 Å². The second-order valence-corrected chi connectivity index (χ2v) is 10.6. The molecule has 0 radical (unpaired) electrons. The summed E-state index contributed by atoms with van der Waals surface area (Å²) in [6.07, 6.45) is 0. The van der Waals surface area contributed by atoms with E-state index in [2.05, 4.69) is 20.3 Å². The first-order valence-electron chi connectivity index (χ1n) is 8.96. The fourth-order valence-corrected chi connectivity index (χ4v) is 5.67. The Morgan fingerprint density at radius 1 is 1.16 bits per heavy atom. The lowest BCUT2D eigenvalue weighted by Gasteiger charge is -2.24. The van der Waals surface area contributed by atoms with Crippen molar-refractivity contribution in [3.05, 3.63) is 59.6 Å². The van der Waals surface area contributed by atoms with Crippen LogP contribution in [0, 0.1) is 0 Å². The Morgan fingerprint density at radius 2 is 1.91 bits per heavy atom. The van der Waals surface area contributed by atoms with E-state index >= 15 is 0 Å². The molecule has 0 atom stereocenters. The second kappa shape index (κ2) is 10.8. The van der Waals surface area contributed by atoms with Gasteiger partial charge < -0.3 is 4.74 Å². The Kier molecular flexibility index (Phi) is 8.07. The third-order valence-corrected chi connectivity index (χ3v) is 7.88. The van der Waals surface area contributed by atoms with Crippen LogP contribution < -0.4 is 9.62 Å². The van der Waals surface area contributed by atoms with E-state index in [9.17, 15) is 18.0 Å². The Labute approximate surface area is 197 Å². The van der Waals surface area contributed by atoms with Crippen LogP contribution in [0.4, 0.5) is 10.8 Å². The van der Waals surface area contributed by atoms with Gasteiger partial charge in [-0.25, -0.2) is 8.42 Å². The van der Waals surface area contributed by atoms with Crippen molar-refractivity contribution in [3.63, 3.8) is 0 Å². The van der Waals surface area contributed by atoms with Crippen molar-refractivity contribution in [1.29, 1.82) is 0 Å². The fraction of sp³-hybridized carbons (Fsp3) is 0.158. The summed E-state index contributed by atoms with van der Waals surface area (Å²) in [5, 5.41) is 10.8. The Morgan fingerprint density at radius 3 is 2.59 bits per heavy atom. The van der Waals surface area contributed by atoms with Crippen molar-refractivity contribution in [3.8, 4) is 0 Å². The molecule has 0 saturated carbocycles. The Hall–Kier alpha value is -2.67. The summed E-state index contributed by atoms with van der Waals surface area (Å²) < 4.78 is 32.5. The molecule has 1 aromatic heterocycles. The maximum Gasteiger partial charge on any atom is 0.316 e. The number of ether oxygens (including phenoxy) is 1. The van der Waals surface area contributed by atoms with Crippen LogP contribution in [-0.4, -0.2) is 49.9 Å². The zero-order valence-electron chi connectivity index (χ0n) is 16.6. The minimum Gasteiger partial charge on any atom is -0.468 e. The molecule has 9 nitrogen and oxygen atoms in total. The zero-order chi connectivity index (χ0) is 23.1. The molecule has 1 N–H and O–H groups in total. The number of carbonyl (C=O) groups is 2. The number of esters is 1. The summed E-state index contributed by atoms with van der Waals surface area (Å²) in [6.45, 7) is -0.512. The quantitative estimate of drug-likeness (QED) is 0.263. The predicted octanol–water partition coefficient (Wildman–Crippen LogP) is 3.29. The molecule has 2 aromatic carbocycles. The largest absolute Gasteiger partial charge is 0.468 e. The fourth-order valence-electron chi connectivity index (χ4n) is 2.45. The number of halogens is 1. The molecular formula is C19H17ClN4O5S3. The summed E-state index contributed by atoms with van der Waals surface area (Å²) in [4.78, 5) is 24.0. The van der Waals surface area contributed by atoms with Gasteiger partial charge in [0.25, 0.3) is 10.0 Å². The minimum absolute atomic E-state index is 0.0326. The number of thioether (sulfide) groups is 1. The Balaban J connectivity index is 1.79. The number of rotatable bonds is 9. The molecule has 0 unspecified atom stereocenters. The standard InChI is InChI=1S/C19H17ClN4O5S3/c1-29-17(26)12-30-19-23-22-18(31-19)21-16(25)11-24(14-7-5-6-13(20)10-14)32(27,28)15-8-3-2-4-9-15/h2-10H,11-12H2,1H3,(H,21,22,25). The number of anilines is 2. The van der Waals surface area contributed by atoms with E-state index in [4.69, 9.17) is 11.6 Å². The summed E-state index contributed by atoms with van der Waals surface area (Å²) in [7, 11) is -2.77. The molecule has 0 aliphatic carbocycles. The van der Waals surface area contributed by atoms with Gasteiger partial charge in [0, 0.05) is 5.02 Å². The summed E-state index contributed by atoms with van der Waals surface area (Å²) in [6, 6.07) is 14.0. The van der Waals surface area contributed by atoms with E-state index in [0.717, 1.165) is 27.4 Å². The maximum absolute atomic E-state index is 13.2. The van der Waals surface area contributed by atoms with Crippen molar-refractivity contribution >= 4 is 67.4 Å². The minimum atomic E-state index is -4.05. The highest BCUT2D eigenvalue weighted by Gasteiger charge is 2.27. The first-order valence-corrected chi connectivity index (χ1v) is 12.6. The van der Waals surface area contributed by atoms with Gasteiger partial charge in [-0.15, -0.1) is 10.2 Å². The second-order valence-electron chi connectivity index (χ2n) is 6.09. The van der Waals surface area contributed by atoms with Crippen molar-refractivity contribution < 1.29 is 22.7 Å². The van der Waals surface area contributed by atoms with Gasteiger partial charge in [0.2, 0.25) is 11.0 Å². The highest BCUT2D eigenvalue weighted by Crippen LogP contribution is 2.28. The SMILES string of the molecule is COC(=O)CSc1nnc(NC(=O)CN(c2cccc(Cl)c2)S(=O)(=O)c2ccccc2)s1. The molecule has 1 heterocycles. The summed E-state index contributed by atoms with van der Waals surface area (Å²) in [5.74, 6) is -0.985. The lowest BCUT2D eigenvalue weighted by molar-refractivity contribution is -0.137. The molecule has 13 heteroatoms. The van der Waals surface area contributed by atoms with Crippen molar-refractivity contribution in [2.24, 2.45) is 0 Å². The third-order valence-electron chi connectivity index (χ3n) is 3.91. The molecule has 3 rings (SSSR count). The van der Waals surface area contributed by atoms with Crippen LogP contribution in [0.5, 0.6) is 0 Å². The molecule has 1 amide bonds. The molecule has 0 spiro atoms. The van der Waals surface area contributed by atoms with E-state index in [1.807, 2.05) is 0 Å². The van der Waals surface area contributed by atoms with Crippen LogP contribution in [0.15, 0.2) is 63.8 Å². The molecule has 0 fully saturated rings. The molecule has 0 bridgehead atoms. The maximum atomic E-state index is 13.2. The molecule has 0 aliphatic rings. The van der Waals surface area contributed by atoms with E-state index < -0.39 is 28.4 Å². The number of nitrogens with zero attached hydrogens (tertiary/aromatic N) is 3. The highest BCUT2D eigenvalue weighted by atomic mass is 35.5. The van der Waals surface area contributed by atoms with Gasteiger partial charge in [0.05, 0.1) is 23.4 Å². The number of nitrogens with one attached hydrogen (secondary N) is 1. The summed E-state index contributed by atoms with van der Waals surface area (Å²) >= 11 is 8.21. The monoisotopic (exact) mass is 512 g/mol. The van der Waals surface area contributed by atoms with E-state index in [1.165, 1.54) is 25.3 Å². The van der Waals surface area contributed by atoms with Crippen LogP contribution in [0.3, 0.4) is 0 Å². The molecule has 0 aliphatic heterocycles. The number of sulfonamides is 1. The average Bonchev–Trinajstić information content (AvgIpc) is 3.23. The van der Waals surface area contributed by atoms with Gasteiger partial charge in [-0.2, -0.15) is 0 Å². The van der Waals surface area contributed by atoms with Gasteiger partial charge in [-0.1, -0.05) is 59.0 Å². The van der Waals surface area contributed by atoms with E-state index in [0.29, 0.717) is 9.36 Å². The number of hydrogen-bond acceptors (Lipinski definition) is 9. The van der Waals surface area contributed by atoms with Gasteiger partial charge in [0.15, 0.2) is 4.34 Å². The van der Waals surface area contributed by atoms with Gasteiger partial charge in [-0.3, -0.25) is 19.2 Å². The van der Waals surface area contributed by atoms with E-state index in [-0.39, 0.29) is 21.5 Å². The Bertz CT molecular complexity index is 1200. The van der Waals surface area contributed by atoms with Crippen molar-refractivity contribution in [1.82, 2.24) is 10.2 Å². The van der Waals surface area contributed by atoms with Crippen molar-refractivity contribution in [2.45, 2.75) is 9.24 Å². The number of amides is 1. The number of benzene rings is 2. The number of aromatic nitrogens is 2. The normalized spacial score (nSPS) is 11.1. The average molecular weight is 513 g/mol. The lowest BCUT2D eigenvalue weighted by Crippen LogP contribution is -2.38. The molecule has 32 heavy (non-hydrogen) atoms. The van der Waals surface area contributed by atoms with Crippen molar-refractivity contribution in [2.75, 3.05) is 29.0 Å². The van der Waals surface area contributed by atoms with Crippen LogP contribution in [0.2, 0.25) is 5.02 Å². The number of methoxy groups -OCH3 is 1. The first kappa shape index (κ1) is 24.0. The molecular weight excluding hydrogens is 496 g/mol. The number of carbonyl (C=O) groups excluding carboxylic acids is 2. The van der Waals surface area contributed by atoms with Crippen LogP contribution >= 0.6 is 34.7 Å². The van der Waals surface area contributed by atoms with Gasteiger partial charge in [-0.05, 0) is 30.3 Å². The molecule has 3 aromatic rings. The van der Waals surface area contributed by atoms with Gasteiger partial charge >= 0.3 is 5.97 Å². The predicted molar refractivity (Wildman–Crippen MR) is 124 cm³/mol. The molecule has 0 saturated heterocycles. The lowest BCUT2D eigenvalue weighted by atomic mass is 10.3. The smallest absolute Gasteiger partial charge is 0.316 e. The molecule has 168 valence electrons. The topological polar surface area (TPSA) is 119 Å². The zero-order valence-corrected chi connectivity index (χ0v) is 19.8. The first-order chi connectivity index (χ1) is 15.3. The highest BCUT2D eigenvalue weighted by molar-refractivity contribution is 8.01.